The summed E-state index contributed by atoms with van der Waals surface area (Å²) >= 11 is 5.52. The second kappa shape index (κ2) is 5.44. The van der Waals surface area contributed by atoms with Crippen molar-refractivity contribution >= 4 is 23.0 Å². The summed E-state index contributed by atoms with van der Waals surface area (Å²) < 4.78 is 48.5. The van der Waals surface area contributed by atoms with E-state index in [0.29, 0.717) is 5.69 Å². The first kappa shape index (κ1) is 13.9. The Hall–Kier alpha value is -1.17. The van der Waals surface area contributed by atoms with Crippen LogP contribution >= 0.6 is 11.6 Å². The number of hydrogen-bond donors (Lipinski definition) is 2. The SMILES string of the molecule is Nc1cc(F)c(Cl)cc1NCCCC(F)(F)F. The average molecular weight is 271 g/mol. The molecule has 2 nitrogen and oxygen atoms in total. The average Bonchev–Trinajstić information content (AvgIpc) is 2.18. The lowest BCUT2D eigenvalue weighted by atomic mass is 10.2. The Morgan fingerprint density at radius 3 is 2.53 bits per heavy atom. The Morgan fingerprint density at radius 1 is 1.29 bits per heavy atom. The van der Waals surface area contributed by atoms with Crippen LogP contribution in [0.5, 0.6) is 0 Å². The van der Waals surface area contributed by atoms with Crippen molar-refractivity contribution < 1.29 is 17.6 Å². The molecule has 0 unspecified atom stereocenters. The van der Waals surface area contributed by atoms with Crippen molar-refractivity contribution in [2.45, 2.75) is 19.0 Å². The normalized spacial score (nSPS) is 11.6. The Balaban J connectivity index is 2.50. The molecule has 0 atom stereocenters. The summed E-state index contributed by atoms with van der Waals surface area (Å²) in [6.07, 6.45) is -5.14. The second-order valence-electron chi connectivity index (χ2n) is 3.50. The monoisotopic (exact) mass is 270 g/mol. The molecule has 0 aliphatic rings. The fourth-order valence-electron chi connectivity index (χ4n) is 1.23. The van der Waals surface area contributed by atoms with Gasteiger partial charge in [-0.15, -0.1) is 0 Å². The maximum Gasteiger partial charge on any atom is 0.389 e. The molecular formula is C10H11ClF4N2. The van der Waals surface area contributed by atoms with E-state index in [1.165, 1.54) is 6.07 Å². The van der Waals surface area contributed by atoms with Gasteiger partial charge in [0.15, 0.2) is 0 Å². The molecule has 0 aliphatic heterocycles. The van der Waals surface area contributed by atoms with Gasteiger partial charge in [-0.2, -0.15) is 13.2 Å². The summed E-state index contributed by atoms with van der Waals surface area (Å²) in [5, 5.41) is 2.55. The third-order valence-corrected chi connectivity index (χ3v) is 2.33. The van der Waals surface area contributed by atoms with Gasteiger partial charge in [0.1, 0.15) is 5.82 Å². The molecule has 1 rings (SSSR count). The molecule has 0 amide bonds. The molecule has 96 valence electrons. The third-order valence-electron chi connectivity index (χ3n) is 2.04. The molecule has 0 radical (unpaired) electrons. The van der Waals surface area contributed by atoms with E-state index < -0.39 is 18.4 Å². The van der Waals surface area contributed by atoms with Crippen LogP contribution in [-0.4, -0.2) is 12.7 Å². The fraction of sp³-hybridized carbons (Fsp3) is 0.400. The Labute approximate surface area is 101 Å². The zero-order valence-electron chi connectivity index (χ0n) is 8.74. The number of nitrogens with one attached hydrogen (secondary N) is 1. The van der Waals surface area contributed by atoms with Gasteiger partial charge in [0.25, 0.3) is 0 Å². The van der Waals surface area contributed by atoms with Gasteiger partial charge >= 0.3 is 6.18 Å². The van der Waals surface area contributed by atoms with Gasteiger partial charge in [-0.3, -0.25) is 0 Å². The highest BCUT2D eigenvalue weighted by molar-refractivity contribution is 6.31. The molecule has 7 heteroatoms. The summed E-state index contributed by atoms with van der Waals surface area (Å²) in [5.74, 6) is -0.662. The van der Waals surface area contributed by atoms with Crippen molar-refractivity contribution in [2.75, 3.05) is 17.6 Å². The predicted molar refractivity (Wildman–Crippen MR) is 59.6 cm³/mol. The summed E-state index contributed by atoms with van der Waals surface area (Å²) in [6, 6.07) is 2.27. The summed E-state index contributed by atoms with van der Waals surface area (Å²) in [7, 11) is 0. The molecule has 0 aromatic heterocycles. The van der Waals surface area contributed by atoms with Crippen LogP contribution in [0, 0.1) is 5.82 Å². The van der Waals surface area contributed by atoms with Crippen LogP contribution in [0.2, 0.25) is 5.02 Å². The first-order valence-corrected chi connectivity index (χ1v) is 5.22. The predicted octanol–water partition coefficient (Wildman–Crippen LogP) is 3.82. The minimum absolute atomic E-state index is 0.0854. The van der Waals surface area contributed by atoms with Crippen LogP contribution in [-0.2, 0) is 0 Å². The second-order valence-corrected chi connectivity index (χ2v) is 3.91. The molecule has 0 saturated heterocycles. The van der Waals surface area contributed by atoms with Crippen LogP contribution < -0.4 is 11.1 Å². The molecule has 0 bridgehead atoms. The number of hydrogen-bond acceptors (Lipinski definition) is 2. The van der Waals surface area contributed by atoms with Crippen LogP contribution in [0.15, 0.2) is 12.1 Å². The maximum absolute atomic E-state index is 12.9. The minimum atomic E-state index is -4.17. The number of rotatable bonds is 4. The van der Waals surface area contributed by atoms with E-state index in [9.17, 15) is 17.6 Å². The molecule has 0 heterocycles. The molecule has 0 fully saturated rings. The number of anilines is 2. The van der Waals surface area contributed by atoms with Gasteiger partial charge in [-0.1, -0.05) is 11.6 Å². The first-order valence-electron chi connectivity index (χ1n) is 4.85. The van der Waals surface area contributed by atoms with E-state index in [4.69, 9.17) is 17.3 Å². The number of nitrogens with two attached hydrogens (primary N) is 1. The summed E-state index contributed by atoms with van der Waals surface area (Å²) in [5.41, 5.74) is 5.92. The lowest BCUT2D eigenvalue weighted by Gasteiger charge is -2.11. The van der Waals surface area contributed by atoms with Gasteiger partial charge in [0.05, 0.1) is 16.4 Å². The Kier molecular flexibility index (Phi) is 4.45. The van der Waals surface area contributed by atoms with Crippen LogP contribution in [0.1, 0.15) is 12.8 Å². The van der Waals surface area contributed by atoms with Crippen LogP contribution in [0.3, 0.4) is 0 Å². The third kappa shape index (κ3) is 4.68. The van der Waals surface area contributed by atoms with Crippen molar-refractivity contribution in [1.82, 2.24) is 0 Å². The van der Waals surface area contributed by atoms with Gasteiger partial charge in [0.2, 0.25) is 0 Å². The molecule has 3 N–H and O–H groups in total. The van der Waals surface area contributed by atoms with E-state index in [0.717, 1.165) is 6.07 Å². The van der Waals surface area contributed by atoms with E-state index in [1.54, 1.807) is 0 Å². The topological polar surface area (TPSA) is 38.0 Å². The van der Waals surface area contributed by atoms with Gasteiger partial charge < -0.3 is 11.1 Å². The van der Waals surface area contributed by atoms with Crippen LogP contribution in [0.25, 0.3) is 0 Å². The van der Waals surface area contributed by atoms with Crippen molar-refractivity contribution in [3.05, 3.63) is 23.0 Å². The van der Waals surface area contributed by atoms with E-state index in [2.05, 4.69) is 5.32 Å². The number of alkyl halides is 3. The molecule has 1 aromatic rings. The van der Waals surface area contributed by atoms with Crippen molar-refractivity contribution in [2.24, 2.45) is 0 Å². The summed E-state index contributed by atoms with van der Waals surface area (Å²) in [6.45, 7) is 0.0890. The largest absolute Gasteiger partial charge is 0.397 e. The van der Waals surface area contributed by atoms with Crippen molar-refractivity contribution in [3.8, 4) is 0 Å². The number of halogens is 5. The highest BCUT2D eigenvalue weighted by Gasteiger charge is 2.25. The molecule has 0 spiro atoms. The quantitative estimate of drug-likeness (QED) is 0.496. The number of nitrogen functional groups attached to an aromatic ring is 1. The van der Waals surface area contributed by atoms with Crippen molar-refractivity contribution in [3.63, 3.8) is 0 Å². The smallest absolute Gasteiger partial charge is 0.389 e. The Bertz CT molecular complexity index is 393. The van der Waals surface area contributed by atoms with E-state index in [-0.39, 0.29) is 23.7 Å². The fourth-order valence-corrected chi connectivity index (χ4v) is 1.39. The molecule has 17 heavy (non-hydrogen) atoms. The Morgan fingerprint density at radius 2 is 1.94 bits per heavy atom. The first-order chi connectivity index (χ1) is 7.79. The lowest BCUT2D eigenvalue weighted by Crippen LogP contribution is -2.11. The maximum atomic E-state index is 12.9. The van der Waals surface area contributed by atoms with E-state index in [1.807, 2.05) is 0 Å². The lowest BCUT2D eigenvalue weighted by molar-refractivity contribution is -0.134. The van der Waals surface area contributed by atoms with Crippen LogP contribution in [0.4, 0.5) is 28.9 Å². The minimum Gasteiger partial charge on any atom is -0.397 e. The van der Waals surface area contributed by atoms with Gasteiger partial charge in [-0.25, -0.2) is 4.39 Å². The highest BCUT2D eigenvalue weighted by Crippen LogP contribution is 2.27. The zero-order valence-corrected chi connectivity index (χ0v) is 9.50. The molecule has 0 aliphatic carbocycles. The standard InChI is InChI=1S/C10H11ClF4N2/c11-6-4-9(8(16)5-7(6)12)17-3-1-2-10(13,14)15/h4-5,17H,1-3,16H2. The summed E-state index contributed by atoms with van der Waals surface area (Å²) in [4.78, 5) is 0. The van der Waals surface area contributed by atoms with E-state index >= 15 is 0 Å². The van der Waals surface area contributed by atoms with Crippen molar-refractivity contribution in [1.29, 1.82) is 0 Å². The molecule has 1 aromatic carbocycles. The molecule has 0 saturated carbocycles. The number of benzene rings is 1. The highest BCUT2D eigenvalue weighted by atomic mass is 35.5. The van der Waals surface area contributed by atoms with Gasteiger partial charge in [0, 0.05) is 19.0 Å². The molecular weight excluding hydrogens is 260 g/mol. The van der Waals surface area contributed by atoms with Gasteiger partial charge in [-0.05, 0) is 12.5 Å². The zero-order chi connectivity index (χ0) is 13.1.